The van der Waals surface area contributed by atoms with E-state index in [1.165, 1.54) is 0 Å². The van der Waals surface area contributed by atoms with Gasteiger partial charge in [-0.2, -0.15) is 0 Å². The van der Waals surface area contributed by atoms with E-state index in [4.69, 9.17) is 19.3 Å². The second-order valence-electron chi connectivity index (χ2n) is 5.67. The summed E-state index contributed by atoms with van der Waals surface area (Å²) >= 11 is 0. The molecule has 0 spiro atoms. The summed E-state index contributed by atoms with van der Waals surface area (Å²) in [4.78, 5) is 22.6. The minimum Gasteiger partial charge on any atom is -0.480 e. The first-order valence-electron chi connectivity index (χ1n) is 6.73. The first kappa shape index (κ1) is 16.7. The van der Waals surface area contributed by atoms with E-state index < -0.39 is 30.0 Å². The fourth-order valence-electron chi connectivity index (χ4n) is 1.67. The number of amides is 1. The van der Waals surface area contributed by atoms with Crippen LogP contribution in [0.4, 0.5) is 4.79 Å². The zero-order valence-corrected chi connectivity index (χ0v) is 12.2. The molecular formula is C13H23NO6. The fraction of sp³-hybridized carbons (Fsp3) is 0.846. The largest absolute Gasteiger partial charge is 0.480 e. The molecule has 7 heteroatoms. The number of nitrogens with one attached hydrogen (secondary N) is 1. The highest BCUT2D eigenvalue weighted by molar-refractivity contribution is 5.80. The summed E-state index contributed by atoms with van der Waals surface area (Å²) in [6, 6.07) is -1.16. The van der Waals surface area contributed by atoms with E-state index in [9.17, 15) is 9.59 Å². The molecule has 0 radical (unpaired) electrons. The van der Waals surface area contributed by atoms with E-state index in [1.54, 1.807) is 20.8 Å². The Kier molecular flexibility index (Phi) is 6.22. The smallest absolute Gasteiger partial charge is 0.408 e. The van der Waals surface area contributed by atoms with Crippen molar-refractivity contribution in [2.45, 2.75) is 58.0 Å². The minimum absolute atomic E-state index is 0.154. The van der Waals surface area contributed by atoms with E-state index >= 15 is 0 Å². The zero-order valence-electron chi connectivity index (χ0n) is 12.2. The highest BCUT2D eigenvalue weighted by atomic mass is 16.7. The van der Waals surface area contributed by atoms with Gasteiger partial charge in [0, 0.05) is 6.61 Å². The van der Waals surface area contributed by atoms with Gasteiger partial charge in [-0.25, -0.2) is 9.59 Å². The Morgan fingerprint density at radius 2 is 2.10 bits per heavy atom. The van der Waals surface area contributed by atoms with Gasteiger partial charge in [-0.3, -0.25) is 0 Å². The fourth-order valence-corrected chi connectivity index (χ4v) is 1.67. The van der Waals surface area contributed by atoms with Gasteiger partial charge in [0.05, 0.1) is 6.61 Å². The predicted octanol–water partition coefficient (Wildman–Crippen LogP) is 1.51. The first-order valence-corrected chi connectivity index (χ1v) is 6.73. The highest BCUT2D eigenvalue weighted by Crippen LogP contribution is 2.14. The molecule has 2 unspecified atom stereocenters. The van der Waals surface area contributed by atoms with Gasteiger partial charge >= 0.3 is 12.1 Å². The van der Waals surface area contributed by atoms with Crippen molar-refractivity contribution in [2.24, 2.45) is 0 Å². The second kappa shape index (κ2) is 7.44. The molecular weight excluding hydrogens is 266 g/mol. The van der Waals surface area contributed by atoms with Gasteiger partial charge in [-0.05, 0) is 40.0 Å². The van der Waals surface area contributed by atoms with Crippen molar-refractivity contribution in [3.05, 3.63) is 0 Å². The van der Waals surface area contributed by atoms with Gasteiger partial charge in [-0.1, -0.05) is 0 Å². The maximum absolute atomic E-state index is 11.5. The number of rotatable bonds is 5. The van der Waals surface area contributed by atoms with Crippen molar-refractivity contribution >= 4 is 12.1 Å². The molecule has 0 aromatic carbocycles. The molecule has 0 aromatic rings. The zero-order chi connectivity index (χ0) is 15.2. The number of alkyl carbamates (subject to hydrolysis) is 1. The van der Waals surface area contributed by atoms with Gasteiger partial charge in [0.25, 0.3) is 0 Å². The van der Waals surface area contributed by atoms with Crippen LogP contribution in [0.15, 0.2) is 0 Å². The average molecular weight is 289 g/mol. The molecule has 1 fully saturated rings. The van der Waals surface area contributed by atoms with Crippen molar-refractivity contribution in [3.8, 4) is 0 Å². The van der Waals surface area contributed by atoms with Gasteiger partial charge in [0.2, 0.25) is 0 Å². The van der Waals surface area contributed by atoms with Gasteiger partial charge in [0.1, 0.15) is 5.60 Å². The average Bonchev–Trinajstić information content (AvgIpc) is 2.33. The van der Waals surface area contributed by atoms with E-state index in [1.807, 2.05) is 0 Å². The number of carboxylic acid groups (broad SMARTS) is 1. The Morgan fingerprint density at radius 3 is 2.60 bits per heavy atom. The number of carbonyl (C=O) groups is 2. The lowest BCUT2D eigenvalue weighted by Crippen LogP contribution is -2.46. The highest BCUT2D eigenvalue weighted by Gasteiger charge is 2.26. The number of carbonyl (C=O) groups excluding carboxylic acids is 1. The topological polar surface area (TPSA) is 94.1 Å². The summed E-state index contributed by atoms with van der Waals surface area (Å²) in [5.74, 6) is -1.17. The number of hydrogen-bond acceptors (Lipinski definition) is 5. The number of aliphatic carboxylic acids is 1. The molecule has 2 N–H and O–H groups in total. The molecule has 1 rings (SSSR count). The van der Waals surface area contributed by atoms with Crippen LogP contribution in [0, 0.1) is 0 Å². The maximum atomic E-state index is 11.5. The number of carboxylic acids is 1. The van der Waals surface area contributed by atoms with Crippen LogP contribution in [-0.2, 0) is 19.0 Å². The van der Waals surface area contributed by atoms with Gasteiger partial charge in [0.15, 0.2) is 12.3 Å². The van der Waals surface area contributed by atoms with Crippen LogP contribution in [0.3, 0.4) is 0 Å². The van der Waals surface area contributed by atoms with Crippen LogP contribution in [0.5, 0.6) is 0 Å². The monoisotopic (exact) mass is 289 g/mol. The Morgan fingerprint density at radius 1 is 1.40 bits per heavy atom. The van der Waals surface area contributed by atoms with E-state index in [0.29, 0.717) is 6.61 Å². The lowest BCUT2D eigenvalue weighted by Gasteiger charge is -2.25. The quantitative estimate of drug-likeness (QED) is 0.796. The summed E-state index contributed by atoms with van der Waals surface area (Å²) in [5, 5.41) is 11.3. The molecule has 1 heterocycles. The molecule has 0 saturated carbocycles. The van der Waals surface area contributed by atoms with Crippen molar-refractivity contribution in [3.63, 3.8) is 0 Å². The van der Waals surface area contributed by atoms with Gasteiger partial charge in [-0.15, -0.1) is 0 Å². The van der Waals surface area contributed by atoms with Crippen molar-refractivity contribution < 1.29 is 28.9 Å². The molecule has 20 heavy (non-hydrogen) atoms. The Bertz CT molecular complexity index is 332. The van der Waals surface area contributed by atoms with Crippen LogP contribution in [-0.4, -0.2) is 48.3 Å². The Labute approximate surface area is 118 Å². The van der Waals surface area contributed by atoms with Crippen LogP contribution >= 0.6 is 0 Å². The summed E-state index contributed by atoms with van der Waals surface area (Å²) in [6.07, 6.45) is 1.53. The number of hydrogen-bond donors (Lipinski definition) is 2. The summed E-state index contributed by atoms with van der Waals surface area (Å²) in [7, 11) is 0. The molecule has 0 aromatic heterocycles. The normalized spacial score (nSPS) is 21.1. The minimum atomic E-state index is -1.17. The van der Waals surface area contributed by atoms with E-state index in [2.05, 4.69) is 5.32 Å². The van der Waals surface area contributed by atoms with Gasteiger partial charge < -0.3 is 24.6 Å². The maximum Gasteiger partial charge on any atom is 0.408 e. The SMILES string of the molecule is CC(C)(C)OC(=O)NC(COC1CCCCO1)C(=O)O. The van der Waals surface area contributed by atoms with E-state index in [0.717, 1.165) is 19.3 Å². The molecule has 1 amide bonds. The first-order chi connectivity index (χ1) is 9.28. The number of ether oxygens (including phenoxy) is 3. The molecule has 0 aliphatic carbocycles. The van der Waals surface area contributed by atoms with Crippen molar-refractivity contribution in [2.75, 3.05) is 13.2 Å². The lowest BCUT2D eigenvalue weighted by molar-refractivity contribution is -0.171. The predicted molar refractivity (Wildman–Crippen MR) is 70.3 cm³/mol. The third-order valence-corrected chi connectivity index (χ3v) is 2.58. The van der Waals surface area contributed by atoms with Crippen LogP contribution in [0.1, 0.15) is 40.0 Å². The molecule has 1 aliphatic rings. The summed E-state index contributed by atoms with van der Waals surface area (Å²) < 4.78 is 15.7. The lowest BCUT2D eigenvalue weighted by atomic mass is 10.2. The molecule has 1 aliphatic heterocycles. The molecule has 0 bridgehead atoms. The molecule has 7 nitrogen and oxygen atoms in total. The van der Waals surface area contributed by atoms with Crippen LogP contribution in [0.2, 0.25) is 0 Å². The molecule has 116 valence electrons. The summed E-state index contributed by atoms with van der Waals surface area (Å²) in [6.45, 7) is 5.57. The third kappa shape index (κ3) is 6.72. The van der Waals surface area contributed by atoms with Crippen molar-refractivity contribution in [1.82, 2.24) is 5.32 Å². The Balaban J connectivity index is 2.39. The molecule has 1 saturated heterocycles. The van der Waals surface area contributed by atoms with Crippen LogP contribution < -0.4 is 5.32 Å². The Hall–Kier alpha value is -1.34. The van der Waals surface area contributed by atoms with Crippen LogP contribution in [0.25, 0.3) is 0 Å². The molecule has 2 atom stereocenters. The third-order valence-electron chi connectivity index (χ3n) is 2.58. The van der Waals surface area contributed by atoms with Crippen molar-refractivity contribution in [1.29, 1.82) is 0 Å². The van der Waals surface area contributed by atoms with E-state index in [-0.39, 0.29) is 6.61 Å². The summed E-state index contributed by atoms with van der Waals surface area (Å²) in [5.41, 5.74) is -0.680. The second-order valence-corrected chi connectivity index (χ2v) is 5.67. The standard InChI is InChI=1S/C13H23NO6/c1-13(2,3)20-12(17)14-9(11(15)16)8-19-10-6-4-5-7-18-10/h9-10H,4-8H2,1-3H3,(H,14,17)(H,15,16).